The molecule has 0 aliphatic carbocycles. The monoisotopic (exact) mass is 342 g/mol. The summed E-state index contributed by atoms with van der Waals surface area (Å²) in [7, 11) is 0. The third-order valence-corrected chi connectivity index (χ3v) is 3.50. The molecule has 0 saturated heterocycles. The Morgan fingerprint density at radius 1 is 1.04 bits per heavy atom. The number of carboxylic acids is 1. The van der Waals surface area contributed by atoms with Crippen LogP contribution in [0.25, 0.3) is 0 Å². The first-order chi connectivity index (χ1) is 12.1. The van der Waals surface area contributed by atoms with Crippen LogP contribution < -0.4 is 15.4 Å². The Kier molecular flexibility index (Phi) is 6.83. The molecule has 132 valence electrons. The molecule has 0 bridgehead atoms. The molecule has 2 aromatic carbocycles. The predicted molar refractivity (Wildman–Crippen MR) is 97.3 cm³/mol. The second kappa shape index (κ2) is 9.32. The number of rotatable bonds is 8. The number of carbonyl (C=O) groups is 2. The Labute approximate surface area is 146 Å². The maximum absolute atomic E-state index is 12.1. The Morgan fingerprint density at radius 3 is 2.44 bits per heavy atom. The summed E-state index contributed by atoms with van der Waals surface area (Å²) in [6, 6.07) is 14.2. The molecule has 0 radical (unpaired) electrons. The Morgan fingerprint density at radius 2 is 1.76 bits per heavy atom. The highest BCUT2D eigenvalue weighted by atomic mass is 16.5. The summed E-state index contributed by atoms with van der Waals surface area (Å²) >= 11 is 0. The van der Waals surface area contributed by atoms with Gasteiger partial charge in [-0.1, -0.05) is 24.3 Å². The van der Waals surface area contributed by atoms with Crippen LogP contribution in [0, 0.1) is 0 Å². The molecule has 0 saturated carbocycles. The average Bonchev–Trinajstić information content (AvgIpc) is 2.58. The van der Waals surface area contributed by atoms with Crippen molar-refractivity contribution in [2.24, 2.45) is 0 Å². The number of para-hydroxylation sites is 2. The molecule has 2 aromatic rings. The lowest BCUT2D eigenvalue weighted by Crippen LogP contribution is -2.19. The lowest BCUT2D eigenvalue weighted by molar-refractivity contribution is -0.137. The van der Waals surface area contributed by atoms with Crippen molar-refractivity contribution in [3.8, 4) is 5.75 Å². The van der Waals surface area contributed by atoms with Crippen LogP contribution in [-0.4, -0.2) is 23.7 Å². The zero-order valence-electron chi connectivity index (χ0n) is 14.1. The van der Waals surface area contributed by atoms with E-state index in [1.165, 1.54) is 0 Å². The van der Waals surface area contributed by atoms with Crippen molar-refractivity contribution in [1.82, 2.24) is 0 Å². The largest absolute Gasteiger partial charge is 0.492 e. The number of hydrogen-bond donors (Lipinski definition) is 3. The first kappa shape index (κ1) is 18.3. The van der Waals surface area contributed by atoms with Crippen LogP contribution >= 0.6 is 0 Å². The van der Waals surface area contributed by atoms with E-state index in [1.54, 1.807) is 24.3 Å². The van der Waals surface area contributed by atoms with E-state index in [0.29, 0.717) is 36.6 Å². The average molecular weight is 342 g/mol. The number of aryl methyl sites for hydroxylation is 1. The van der Waals surface area contributed by atoms with Crippen LogP contribution in [0.3, 0.4) is 0 Å². The van der Waals surface area contributed by atoms with Crippen LogP contribution in [0.1, 0.15) is 25.3 Å². The number of amides is 2. The maximum atomic E-state index is 12.1. The van der Waals surface area contributed by atoms with Crippen molar-refractivity contribution in [2.75, 3.05) is 17.2 Å². The molecule has 2 amide bonds. The van der Waals surface area contributed by atoms with Crippen LogP contribution in [0.5, 0.6) is 5.75 Å². The Balaban J connectivity index is 1.89. The van der Waals surface area contributed by atoms with Crippen LogP contribution in [-0.2, 0) is 11.2 Å². The third-order valence-electron chi connectivity index (χ3n) is 3.50. The van der Waals surface area contributed by atoms with E-state index in [1.807, 2.05) is 31.2 Å². The number of aliphatic carboxylic acids is 1. The highest BCUT2D eigenvalue weighted by Gasteiger charge is 2.07. The second-order valence-corrected chi connectivity index (χ2v) is 5.45. The summed E-state index contributed by atoms with van der Waals surface area (Å²) in [5, 5.41) is 14.2. The number of anilines is 2. The fourth-order valence-corrected chi connectivity index (χ4v) is 2.33. The standard InChI is InChI=1S/C19H22N2O4/c1-2-25-17-8-4-3-7-16(17)21-19(24)20-15-12-10-14(11-13-15)6-5-9-18(22)23/h3-4,7-8,10-13H,2,5-6,9H2,1H3,(H,22,23)(H2,20,21,24). The van der Waals surface area contributed by atoms with Gasteiger partial charge in [0.1, 0.15) is 5.75 Å². The number of nitrogens with one attached hydrogen (secondary N) is 2. The number of urea groups is 1. The van der Waals surface area contributed by atoms with Gasteiger partial charge in [-0.15, -0.1) is 0 Å². The molecule has 0 heterocycles. The van der Waals surface area contributed by atoms with Gasteiger partial charge in [0.15, 0.2) is 0 Å². The smallest absolute Gasteiger partial charge is 0.323 e. The van der Waals surface area contributed by atoms with E-state index in [9.17, 15) is 9.59 Å². The topological polar surface area (TPSA) is 87.7 Å². The van der Waals surface area contributed by atoms with Crippen molar-refractivity contribution >= 4 is 23.4 Å². The second-order valence-electron chi connectivity index (χ2n) is 5.45. The molecule has 0 aliphatic heterocycles. The molecule has 0 aliphatic rings. The minimum atomic E-state index is -0.790. The van der Waals surface area contributed by atoms with Gasteiger partial charge in [0.25, 0.3) is 0 Å². The lowest BCUT2D eigenvalue weighted by atomic mass is 10.1. The van der Waals surface area contributed by atoms with Crippen molar-refractivity contribution in [3.63, 3.8) is 0 Å². The summed E-state index contributed by atoms with van der Waals surface area (Å²) in [6.07, 6.45) is 1.44. The maximum Gasteiger partial charge on any atom is 0.323 e. The molecule has 0 unspecified atom stereocenters. The summed E-state index contributed by atoms with van der Waals surface area (Å²) in [4.78, 5) is 22.6. The van der Waals surface area contributed by atoms with Crippen LogP contribution in [0.15, 0.2) is 48.5 Å². The lowest BCUT2D eigenvalue weighted by Gasteiger charge is -2.12. The molecular formula is C19H22N2O4. The van der Waals surface area contributed by atoms with Gasteiger partial charge >= 0.3 is 12.0 Å². The number of ether oxygens (including phenoxy) is 1. The zero-order valence-corrected chi connectivity index (χ0v) is 14.1. The molecule has 0 atom stereocenters. The Bertz CT molecular complexity index is 714. The highest BCUT2D eigenvalue weighted by molar-refractivity contribution is 6.00. The van der Waals surface area contributed by atoms with Gasteiger partial charge in [-0.2, -0.15) is 0 Å². The van der Waals surface area contributed by atoms with Crippen LogP contribution in [0.2, 0.25) is 0 Å². The van der Waals surface area contributed by atoms with Crippen molar-refractivity contribution in [2.45, 2.75) is 26.2 Å². The molecule has 6 nitrogen and oxygen atoms in total. The van der Waals surface area contributed by atoms with Gasteiger partial charge in [0.05, 0.1) is 12.3 Å². The number of carboxylic acid groups (broad SMARTS) is 1. The molecule has 0 fully saturated rings. The highest BCUT2D eigenvalue weighted by Crippen LogP contribution is 2.23. The fourth-order valence-electron chi connectivity index (χ4n) is 2.33. The molecule has 6 heteroatoms. The van der Waals surface area contributed by atoms with Gasteiger partial charge in [0, 0.05) is 12.1 Å². The number of carbonyl (C=O) groups excluding carboxylic acids is 1. The van der Waals surface area contributed by atoms with E-state index in [-0.39, 0.29) is 12.5 Å². The van der Waals surface area contributed by atoms with Gasteiger partial charge in [-0.05, 0) is 49.6 Å². The molecule has 0 spiro atoms. The molecular weight excluding hydrogens is 320 g/mol. The summed E-state index contributed by atoms with van der Waals surface area (Å²) < 4.78 is 5.47. The SMILES string of the molecule is CCOc1ccccc1NC(=O)Nc1ccc(CCCC(=O)O)cc1. The first-order valence-corrected chi connectivity index (χ1v) is 8.19. The van der Waals surface area contributed by atoms with Crippen molar-refractivity contribution in [1.29, 1.82) is 0 Å². The van der Waals surface area contributed by atoms with E-state index in [0.717, 1.165) is 5.56 Å². The van der Waals surface area contributed by atoms with Gasteiger partial charge in [-0.25, -0.2) is 4.79 Å². The third kappa shape index (κ3) is 6.18. The van der Waals surface area contributed by atoms with Gasteiger partial charge in [-0.3, -0.25) is 4.79 Å². The summed E-state index contributed by atoms with van der Waals surface area (Å²) in [5.74, 6) is -0.170. The molecule has 2 rings (SSSR count). The summed E-state index contributed by atoms with van der Waals surface area (Å²) in [6.45, 7) is 2.40. The van der Waals surface area contributed by atoms with E-state index in [4.69, 9.17) is 9.84 Å². The van der Waals surface area contributed by atoms with Gasteiger partial charge in [0.2, 0.25) is 0 Å². The minimum Gasteiger partial charge on any atom is -0.492 e. The minimum absolute atomic E-state index is 0.154. The first-order valence-electron chi connectivity index (χ1n) is 8.19. The van der Waals surface area contributed by atoms with Crippen molar-refractivity contribution in [3.05, 3.63) is 54.1 Å². The van der Waals surface area contributed by atoms with Crippen molar-refractivity contribution < 1.29 is 19.4 Å². The van der Waals surface area contributed by atoms with E-state index in [2.05, 4.69) is 10.6 Å². The number of benzene rings is 2. The fraction of sp³-hybridized carbons (Fsp3) is 0.263. The number of hydrogen-bond acceptors (Lipinski definition) is 3. The van der Waals surface area contributed by atoms with Gasteiger partial charge < -0.3 is 20.5 Å². The summed E-state index contributed by atoms with van der Waals surface area (Å²) in [5.41, 5.74) is 2.30. The predicted octanol–water partition coefficient (Wildman–Crippen LogP) is 4.14. The molecule has 3 N–H and O–H groups in total. The molecule has 25 heavy (non-hydrogen) atoms. The van der Waals surface area contributed by atoms with E-state index < -0.39 is 5.97 Å². The zero-order chi connectivity index (χ0) is 18.1. The molecule has 0 aromatic heterocycles. The van der Waals surface area contributed by atoms with E-state index >= 15 is 0 Å². The normalized spacial score (nSPS) is 10.1. The van der Waals surface area contributed by atoms with Crippen LogP contribution in [0.4, 0.5) is 16.2 Å². The quantitative estimate of drug-likeness (QED) is 0.673. The Hall–Kier alpha value is -3.02.